The highest BCUT2D eigenvalue weighted by atomic mass is 16.5. The number of ether oxygens (including phenoxy) is 1. The molecule has 1 heterocycles. The number of hydrogen-bond acceptors (Lipinski definition) is 4. The van der Waals surface area contributed by atoms with Crippen molar-refractivity contribution >= 4 is 5.82 Å². The summed E-state index contributed by atoms with van der Waals surface area (Å²) >= 11 is 0. The van der Waals surface area contributed by atoms with Crippen molar-refractivity contribution in [3.05, 3.63) is 11.4 Å². The number of nitrogens with zero attached hydrogens (tertiary/aromatic N) is 2. The van der Waals surface area contributed by atoms with Crippen molar-refractivity contribution in [1.29, 1.82) is 0 Å². The second-order valence-electron chi connectivity index (χ2n) is 5.73. The van der Waals surface area contributed by atoms with Crippen molar-refractivity contribution in [2.24, 2.45) is 5.92 Å². The molecule has 112 valence electrons. The highest BCUT2D eigenvalue weighted by molar-refractivity contribution is 5.48. The summed E-state index contributed by atoms with van der Waals surface area (Å²) in [5.41, 5.74) is 1.02. The molecule has 1 N–H and O–H groups in total. The zero-order valence-electron chi connectivity index (χ0n) is 13.0. The topological polar surface area (TPSA) is 47.0 Å². The number of anilines is 1. The summed E-state index contributed by atoms with van der Waals surface area (Å²) in [5.74, 6) is 3.23. The van der Waals surface area contributed by atoms with Crippen molar-refractivity contribution in [1.82, 2.24) is 9.97 Å². The SMILES string of the molecule is CCCc1nc(NC)c(C)c(OCC2CCCCC2)n1. The summed E-state index contributed by atoms with van der Waals surface area (Å²) in [4.78, 5) is 9.12. The molecule has 1 aromatic heterocycles. The maximum Gasteiger partial charge on any atom is 0.221 e. The first-order valence-corrected chi connectivity index (χ1v) is 7.92. The number of aryl methyl sites for hydroxylation is 1. The van der Waals surface area contributed by atoms with Gasteiger partial charge in [0.2, 0.25) is 5.88 Å². The van der Waals surface area contributed by atoms with E-state index in [1.165, 1.54) is 32.1 Å². The molecule has 0 amide bonds. The van der Waals surface area contributed by atoms with Gasteiger partial charge < -0.3 is 10.1 Å². The maximum absolute atomic E-state index is 6.01. The fourth-order valence-corrected chi connectivity index (χ4v) is 2.81. The summed E-state index contributed by atoms with van der Waals surface area (Å²) in [6.45, 7) is 4.97. The average Bonchev–Trinajstić information content (AvgIpc) is 2.48. The van der Waals surface area contributed by atoms with Crippen LogP contribution in [0.5, 0.6) is 5.88 Å². The Bertz CT molecular complexity index is 428. The third-order valence-electron chi connectivity index (χ3n) is 4.04. The summed E-state index contributed by atoms with van der Waals surface area (Å²) in [6, 6.07) is 0. The predicted octanol–water partition coefficient (Wildman–Crippen LogP) is 3.74. The first kappa shape index (κ1) is 15.1. The second-order valence-corrected chi connectivity index (χ2v) is 5.73. The summed E-state index contributed by atoms with van der Waals surface area (Å²) in [5, 5.41) is 3.14. The van der Waals surface area contributed by atoms with Crippen LogP contribution in [0, 0.1) is 12.8 Å². The van der Waals surface area contributed by atoms with E-state index in [9.17, 15) is 0 Å². The van der Waals surface area contributed by atoms with Crippen LogP contribution in [0.25, 0.3) is 0 Å². The van der Waals surface area contributed by atoms with Crippen LogP contribution in [-0.4, -0.2) is 23.6 Å². The molecule has 0 bridgehead atoms. The Labute approximate surface area is 122 Å². The van der Waals surface area contributed by atoms with E-state index in [4.69, 9.17) is 4.74 Å². The van der Waals surface area contributed by atoms with E-state index < -0.39 is 0 Å². The maximum atomic E-state index is 6.01. The molecule has 0 spiro atoms. The highest BCUT2D eigenvalue weighted by Gasteiger charge is 2.16. The van der Waals surface area contributed by atoms with E-state index in [2.05, 4.69) is 22.2 Å². The molecular formula is C16H27N3O. The highest BCUT2D eigenvalue weighted by Crippen LogP contribution is 2.27. The summed E-state index contributed by atoms with van der Waals surface area (Å²) in [7, 11) is 1.90. The Morgan fingerprint density at radius 2 is 1.95 bits per heavy atom. The Morgan fingerprint density at radius 3 is 2.60 bits per heavy atom. The lowest BCUT2D eigenvalue weighted by molar-refractivity contribution is 0.201. The molecule has 0 saturated heterocycles. The fraction of sp³-hybridized carbons (Fsp3) is 0.750. The van der Waals surface area contributed by atoms with Gasteiger partial charge in [-0.3, -0.25) is 0 Å². The number of nitrogens with one attached hydrogen (secondary N) is 1. The minimum atomic E-state index is 0.700. The largest absolute Gasteiger partial charge is 0.477 e. The zero-order valence-corrected chi connectivity index (χ0v) is 13.0. The Kier molecular flexibility index (Phi) is 5.62. The van der Waals surface area contributed by atoms with Crippen LogP contribution in [0.15, 0.2) is 0 Å². The molecule has 4 nitrogen and oxygen atoms in total. The Morgan fingerprint density at radius 1 is 1.20 bits per heavy atom. The van der Waals surface area contributed by atoms with E-state index in [1.807, 2.05) is 14.0 Å². The molecular weight excluding hydrogens is 250 g/mol. The molecule has 0 aromatic carbocycles. The van der Waals surface area contributed by atoms with Crippen molar-refractivity contribution in [3.8, 4) is 5.88 Å². The minimum absolute atomic E-state index is 0.700. The molecule has 0 atom stereocenters. The Hall–Kier alpha value is -1.32. The molecule has 1 fully saturated rings. The standard InChI is InChI=1S/C16H27N3O/c1-4-8-14-18-15(17-3)12(2)16(19-14)20-11-13-9-6-5-7-10-13/h13H,4-11H2,1-3H3,(H,17,18,19). The van der Waals surface area contributed by atoms with Crippen molar-refractivity contribution in [2.45, 2.75) is 58.8 Å². The van der Waals surface area contributed by atoms with E-state index >= 15 is 0 Å². The van der Waals surface area contributed by atoms with Crippen molar-refractivity contribution in [2.75, 3.05) is 19.0 Å². The van der Waals surface area contributed by atoms with Crippen LogP contribution in [0.3, 0.4) is 0 Å². The summed E-state index contributed by atoms with van der Waals surface area (Å²) in [6.07, 6.45) is 8.62. The Balaban J connectivity index is 2.06. The van der Waals surface area contributed by atoms with E-state index in [-0.39, 0.29) is 0 Å². The lowest BCUT2D eigenvalue weighted by atomic mass is 9.90. The molecule has 2 rings (SSSR count). The van der Waals surface area contributed by atoms with E-state index in [1.54, 1.807) is 0 Å². The van der Waals surface area contributed by atoms with Gasteiger partial charge >= 0.3 is 0 Å². The monoisotopic (exact) mass is 277 g/mol. The molecule has 20 heavy (non-hydrogen) atoms. The molecule has 4 heteroatoms. The first-order valence-electron chi connectivity index (χ1n) is 7.92. The van der Waals surface area contributed by atoms with Gasteiger partial charge in [0, 0.05) is 13.5 Å². The van der Waals surface area contributed by atoms with Gasteiger partial charge in [0.25, 0.3) is 0 Å². The fourth-order valence-electron chi connectivity index (χ4n) is 2.81. The normalized spacial score (nSPS) is 16.1. The zero-order chi connectivity index (χ0) is 14.4. The third kappa shape index (κ3) is 3.84. The quantitative estimate of drug-likeness (QED) is 0.860. The molecule has 1 aromatic rings. The number of hydrogen-bond donors (Lipinski definition) is 1. The van der Waals surface area contributed by atoms with Crippen LogP contribution in [0.2, 0.25) is 0 Å². The smallest absolute Gasteiger partial charge is 0.221 e. The van der Waals surface area contributed by atoms with Gasteiger partial charge in [0.15, 0.2) is 0 Å². The van der Waals surface area contributed by atoms with E-state index in [0.717, 1.165) is 42.5 Å². The number of aromatic nitrogens is 2. The third-order valence-corrected chi connectivity index (χ3v) is 4.04. The van der Waals surface area contributed by atoms with Gasteiger partial charge in [-0.05, 0) is 32.1 Å². The summed E-state index contributed by atoms with van der Waals surface area (Å²) < 4.78 is 6.01. The first-order chi connectivity index (χ1) is 9.74. The van der Waals surface area contributed by atoms with Crippen molar-refractivity contribution in [3.63, 3.8) is 0 Å². The predicted molar refractivity (Wildman–Crippen MR) is 82.4 cm³/mol. The van der Waals surface area contributed by atoms with Crippen LogP contribution in [0.4, 0.5) is 5.82 Å². The van der Waals surface area contributed by atoms with Gasteiger partial charge in [-0.15, -0.1) is 0 Å². The van der Waals surface area contributed by atoms with Crippen molar-refractivity contribution < 1.29 is 4.74 Å². The van der Waals surface area contributed by atoms with Crippen LogP contribution in [-0.2, 0) is 6.42 Å². The lowest BCUT2D eigenvalue weighted by Gasteiger charge is -2.22. The van der Waals surface area contributed by atoms with Gasteiger partial charge in [0.05, 0.1) is 12.2 Å². The van der Waals surface area contributed by atoms with Crippen LogP contribution < -0.4 is 10.1 Å². The van der Waals surface area contributed by atoms with Crippen LogP contribution in [0.1, 0.15) is 56.8 Å². The number of rotatable bonds is 6. The van der Waals surface area contributed by atoms with Gasteiger partial charge in [-0.25, -0.2) is 4.98 Å². The van der Waals surface area contributed by atoms with Gasteiger partial charge in [-0.1, -0.05) is 26.2 Å². The second kappa shape index (κ2) is 7.46. The van der Waals surface area contributed by atoms with E-state index in [0.29, 0.717) is 5.92 Å². The lowest BCUT2D eigenvalue weighted by Crippen LogP contribution is -2.17. The van der Waals surface area contributed by atoms with Gasteiger partial charge in [0.1, 0.15) is 11.6 Å². The van der Waals surface area contributed by atoms with Crippen LogP contribution >= 0.6 is 0 Å². The molecule has 0 aliphatic heterocycles. The minimum Gasteiger partial charge on any atom is -0.477 e. The average molecular weight is 277 g/mol. The molecule has 0 radical (unpaired) electrons. The van der Waals surface area contributed by atoms with Gasteiger partial charge in [-0.2, -0.15) is 4.98 Å². The molecule has 0 unspecified atom stereocenters. The molecule has 1 aliphatic rings. The molecule has 1 aliphatic carbocycles. The molecule has 1 saturated carbocycles.